The quantitative estimate of drug-likeness (QED) is 0.806. The second kappa shape index (κ2) is 5.03. The van der Waals surface area contributed by atoms with E-state index in [9.17, 15) is 4.79 Å². The third kappa shape index (κ3) is 2.76. The lowest BCUT2D eigenvalue weighted by Gasteiger charge is -2.25. The van der Waals surface area contributed by atoms with Crippen molar-refractivity contribution >= 4 is 5.78 Å². The first-order valence-corrected chi connectivity index (χ1v) is 6.66. The maximum absolute atomic E-state index is 11.9. The fourth-order valence-corrected chi connectivity index (χ4v) is 2.81. The van der Waals surface area contributed by atoms with Gasteiger partial charge in [-0.25, -0.2) is 0 Å². The number of aromatic nitrogens is 2. The van der Waals surface area contributed by atoms with Crippen molar-refractivity contribution in [2.24, 2.45) is 11.8 Å². The lowest BCUT2D eigenvalue weighted by Crippen LogP contribution is -2.26. The van der Waals surface area contributed by atoms with Crippen LogP contribution in [0.3, 0.4) is 0 Å². The number of aryl methyl sites for hydroxylation is 2. The zero-order valence-corrected chi connectivity index (χ0v) is 11.1. The Morgan fingerprint density at radius 3 is 3.00 bits per heavy atom. The number of hydrogen-bond donors (Lipinski definition) is 0. The van der Waals surface area contributed by atoms with E-state index in [1.807, 2.05) is 11.6 Å². The van der Waals surface area contributed by atoms with Crippen LogP contribution in [0.5, 0.6) is 0 Å². The summed E-state index contributed by atoms with van der Waals surface area (Å²) in [5.74, 6) is 1.36. The fourth-order valence-electron chi connectivity index (χ4n) is 2.81. The summed E-state index contributed by atoms with van der Waals surface area (Å²) < 4.78 is 2.03. The Kier molecular flexibility index (Phi) is 3.65. The Morgan fingerprint density at radius 1 is 1.53 bits per heavy atom. The van der Waals surface area contributed by atoms with E-state index in [1.165, 1.54) is 5.69 Å². The van der Waals surface area contributed by atoms with Crippen molar-refractivity contribution in [2.75, 3.05) is 0 Å². The van der Waals surface area contributed by atoms with Crippen LogP contribution in [-0.4, -0.2) is 15.6 Å². The van der Waals surface area contributed by atoms with Gasteiger partial charge in [-0.2, -0.15) is 5.10 Å². The zero-order valence-electron chi connectivity index (χ0n) is 11.1. The van der Waals surface area contributed by atoms with Crippen LogP contribution < -0.4 is 0 Å². The highest BCUT2D eigenvalue weighted by Crippen LogP contribution is 2.28. The molecule has 1 aliphatic carbocycles. The first-order chi connectivity index (χ1) is 8.10. The molecule has 0 N–H and O–H groups in total. The lowest BCUT2D eigenvalue weighted by atomic mass is 9.79. The molecule has 1 saturated carbocycles. The van der Waals surface area contributed by atoms with Crippen molar-refractivity contribution in [2.45, 2.75) is 53.0 Å². The minimum absolute atomic E-state index is 0.222. The molecule has 94 valence electrons. The third-order valence-corrected chi connectivity index (χ3v) is 3.77. The van der Waals surface area contributed by atoms with Crippen LogP contribution >= 0.6 is 0 Å². The smallest absolute Gasteiger partial charge is 0.136 e. The first kappa shape index (κ1) is 12.3. The highest BCUT2D eigenvalue weighted by atomic mass is 16.1. The molecule has 0 amide bonds. The SMILES string of the molecule is CCn1nc(C)cc1CC1CC(C)CCC1=O. The van der Waals surface area contributed by atoms with Gasteiger partial charge in [0.25, 0.3) is 0 Å². The predicted molar refractivity (Wildman–Crippen MR) is 67.9 cm³/mol. The Labute approximate surface area is 103 Å². The Morgan fingerprint density at radius 2 is 2.29 bits per heavy atom. The molecule has 0 bridgehead atoms. The van der Waals surface area contributed by atoms with E-state index in [0.29, 0.717) is 11.7 Å². The van der Waals surface area contributed by atoms with Gasteiger partial charge < -0.3 is 0 Å². The van der Waals surface area contributed by atoms with Gasteiger partial charge in [-0.3, -0.25) is 9.48 Å². The van der Waals surface area contributed by atoms with Crippen molar-refractivity contribution in [3.63, 3.8) is 0 Å². The summed E-state index contributed by atoms with van der Waals surface area (Å²) in [5.41, 5.74) is 2.27. The van der Waals surface area contributed by atoms with Crippen LogP contribution in [0.15, 0.2) is 6.07 Å². The molecule has 17 heavy (non-hydrogen) atoms. The van der Waals surface area contributed by atoms with Gasteiger partial charge in [0.1, 0.15) is 5.78 Å². The third-order valence-electron chi connectivity index (χ3n) is 3.77. The molecule has 0 aromatic carbocycles. The van der Waals surface area contributed by atoms with Gasteiger partial charge in [0.15, 0.2) is 0 Å². The molecule has 1 heterocycles. The van der Waals surface area contributed by atoms with Crippen LogP contribution in [-0.2, 0) is 17.8 Å². The van der Waals surface area contributed by atoms with Crippen molar-refractivity contribution < 1.29 is 4.79 Å². The van der Waals surface area contributed by atoms with Crippen LogP contribution in [0.2, 0.25) is 0 Å². The summed E-state index contributed by atoms with van der Waals surface area (Å²) in [5, 5.41) is 4.44. The highest BCUT2D eigenvalue weighted by molar-refractivity contribution is 5.81. The molecule has 3 heteroatoms. The van der Waals surface area contributed by atoms with E-state index >= 15 is 0 Å². The second-order valence-electron chi connectivity index (χ2n) is 5.34. The van der Waals surface area contributed by atoms with Crippen LogP contribution in [0.25, 0.3) is 0 Å². The molecular weight excluding hydrogens is 212 g/mol. The summed E-state index contributed by atoms with van der Waals surface area (Å²) in [6.07, 6.45) is 3.76. The maximum atomic E-state index is 11.9. The molecule has 2 rings (SSSR count). The Bertz CT molecular complexity index is 408. The maximum Gasteiger partial charge on any atom is 0.136 e. The van der Waals surface area contributed by atoms with Crippen molar-refractivity contribution in [3.05, 3.63) is 17.5 Å². The van der Waals surface area contributed by atoms with E-state index < -0.39 is 0 Å². The minimum atomic E-state index is 0.222. The monoisotopic (exact) mass is 234 g/mol. The molecule has 1 fully saturated rings. The molecule has 1 aromatic heterocycles. The highest BCUT2D eigenvalue weighted by Gasteiger charge is 2.27. The molecular formula is C14H22N2O. The van der Waals surface area contributed by atoms with Crippen LogP contribution in [0, 0.1) is 18.8 Å². The summed E-state index contributed by atoms with van der Waals surface area (Å²) >= 11 is 0. The summed E-state index contributed by atoms with van der Waals surface area (Å²) in [4.78, 5) is 11.9. The van der Waals surface area contributed by atoms with E-state index in [-0.39, 0.29) is 5.92 Å². The van der Waals surface area contributed by atoms with Gasteiger partial charge in [0.05, 0.1) is 5.69 Å². The van der Waals surface area contributed by atoms with Crippen LogP contribution in [0.4, 0.5) is 0 Å². The van der Waals surface area contributed by atoms with Crippen LogP contribution in [0.1, 0.15) is 44.5 Å². The van der Waals surface area contributed by atoms with Gasteiger partial charge in [-0.15, -0.1) is 0 Å². The first-order valence-electron chi connectivity index (χ1n) is 6.66. The molecule has 0 spiro atoms. The average Bonchev–Trinajstić information content (AvgIpc) is 2.64. The predicted octanol–water partition coefficient (Wildman–Crippen LogP) is 2.76. The fraction of sp³-hybridized carbons (Fsp3) is 0.714. The molecule has 2 atom stereocenters. The van der Waals surface area contributed by atoms with Crippen molar-refractivity contribution in [1.29, 1.82) is 0 Å². The summed E-state index contributed by atoms with van der Waals surface area (Å²) in [7, 11) is 0. The largest absolute Gasteiger partial charge is 0.299 e. The molecule has 0 saturated heterocycles. The number of Topliss-reactive ketones (excluding diaryl/α,β-unsaturated/α-hetero) is 1. The van der Waals surface area contributed by atoms with Gasteiger partial charge in [0.2, 0.25) is 0 Å². The van der Waals surface area contributed by atoms with E-state index in [2.05, 4.69) is 25.0 Å². The topological polar surface area (TPSA) is 34.9 Å². The second-order valence-corrected chi connectivity index (χ2v) is 5.34. The van der Waals surface area contributed by atoms with Gasteiger partial charge in [-0.1, -0.05) is 6.92 Å². The standard InChI is InChI=1S/C14H22N2O/c1-4-16-13(8-11(3)15-16)9-12-7-10(2)5-6-14(12)17/h8,10,12H,4-7,9H2,1-3H3. The number of rotatable bonds is 3. The summed E-state index contributed by atoms with van der Waals surface area (Å²) in [6.45, 7) is 7.25. The lowest BCUT2D eigenvalue weighted by molar-refractivity contribution is -0.125. The van der Waals surface area contributed by atoms with E-state index in [0.717, 1.165) is 37.9 Å². The van der Waals surface area contributed by atoms with Crippen molar-refractivity contribution in [1.82, 2.24) is 9.78 Å². The number of carbonyl (C=O) groups is 1. The number of carbonyl (C=O) groups excluding carboxylic acids is 1. The van der Waals surface area contributed by atoms with Gasteiger partial charge in [-0.05, 0) is 45.1 Å². The van der Waals surface area contributed by atoms with Gasteiger partial charge in [0, 0.05) is 24.6 Å². The van der Waals surface area contributed by atoms with E-state index in [4.69, 9.17) is 0 Å². The number of hydrogen-bond acceptors (Lipinski definition) is 2. The average molecular weight is 234 g/mol. The number of ketones is 1. The Hall–Kier alpha value is -1.12. The molecule has 1 aliphatic rings. The Balaban J connectivity index is 2.10. The molecule has 0 aliphatic heterocycles. The normalized spacial score (nSPS) is 25.2. The molecule has 3 nitrogen and oxygen atoms in total. The van der Waals surface area contributed by atoms with Gasteiger partial charge >= 0.3 is 0 Å². The molecule has 0 radical (unpaired) electrons. The summed E-state index contributed by atoms with van der Waals surface area (Å²) in [6, 6.07) is 2.12. The molecule has 1 aromatic rings. The number of nitrogens with zero attached hydrogens (tertiary/aromatic N) is 2. The zero-order chi connectivity index (χ0) is 12.4. The van der Waals surface area contributed by atoms with Crippen molar-refractivity contribution in [3.8, 4) is 0 Å². The minimum Gasteiger partial charge on any atom is -0.299 e. The van der Waals surface area contributed by atoms with E-state index in [1.54, 1.807) is 0 Å². The molecule has 2 unspecified atom stereocenters.